The van der Waals surface area contributed by atoms with Crippen LogP contribution in [-0.2, 0) is 9.47 Å². The first-order valence-electron chi connectivity index (χ1n) is 11.1. The smallest absolute Gasteiger partial charge is 0.338 e. The number of ether oxygens (including phenoxy) is 2. The van der Waals surface area contributed by atoms with Crippen LogP contribution < -0.4 is 11.2 Å². The van der Waals surface area contributed by atoms with Crippen LogP contribution in [0.1, 0.15) is 34.6 Å². The molecule has 1 saturated heterocycles. The van der Waals surface area contributed by atoms with Gasteiger partial charge in [0, 0.05) is 23.7 Å². The molecule has 4 aromatic rings. The fourth-order valence-corrected chi connectivity index (χ4v) is 3.97. The maximum absolute atomic E-state index is 13.3. The monoisotopic (exact) mass is 492 g/mol. The lowest BCUT2D eigenvalue weighted by atomic mass is 10.1. The number of aryl methyl sites for hydroxylation is 1. The molecule has 0 unspecified atom stereocenters. The van der Waals surface area contributed by atoms with E-state index in [0.717, 1.165) is 0 Å². The Morgan fingerprint density at radius 3 is 2.67 bits per heavy atom. The number of carbonyl (C=O) groups is 1. The van der Waals surface area contributed by atoms with Gasteiger partial charge in [-0.3, -0.25) is 14.3 Å². The van der Waals surface area contributed by atoms with Crippen molar-refractivity contribution in [3.8, 4) is 11.4 Å². The molecule has 0 radical (unpaired) electrons. The van der Waals surface area contributed by atoms with Gasteiger partial charge < -0.3 is 9.47 Å². The molecule has 1 aliphatic rings. The molecular formula is C24H21FN6O5. The number of hydrogen-bond acceptors (Lipinski definition) is 8. The number of nitrogens with zero attached hydrogens (tertiary/aromatic N) is 5. The minimum Gasteiger partial charge on any atom is -0.459 e. The lowest BCUT2D eigenvalue weighted by Crippen LogP contribution is -2.33. The van der Waals surface area contributed by atoms with Crippen molar-refractivity contribution in [2.24, 2.45) is 0 Å². The van der Waals surface area contributed by atoms with Crippen LogP contribution in [0.4, 0.5) is 4.39 Å². The molecule has 0 amide bonds. The van der Waals surface area contributed by atoms with Gasteiger partial charge >= 0.3 is 11.7 Å². The van der Waals surface area contributed by atoms with Gasteiger partial charge in [0.2, 0.25) is 5.82 Å². The third-order valence-corrected chi connectivity index (χ3v) is 5.88. The highest BCUT2D eigenvalue weighted by Crippen LogP contribution is 2.36. The molecule has 3 heterocycles. The van der Waals surface area contributed by atoms with E-state index in [0.29, 0.717) is 16.7 Å². The number of tetrazole rings is 1. The molecule has 12 heteroatoms. The van der Waals surface area contributed by atoms with E-state index in [9.17, 15) is 18.8 Å². The number of nitrogens with one attached hydrogen (secondary N) is 1. The maximum Gasteiger partial charge on any atom is 0.338 e. The molecule has 2 aromatic carbocycles. The van der Waals surface area contributed by atoms with Crippen molar-refractivity contribution in [1.82, 2.24) is 29.8 Å². The Kier molecular flexibility index (Phi) is 6.25. The SMILES string of the molecule is Cc1cn([C@H]2C[C@H](n3nnc(-c4ccc(F)cc4)n3)[C@@H](COC(=O)c3ccccc3)O2)c(=O)[nH]c1=O. The van der Waals surface area contributed by atoms with Gasteiger partial charge in [0.1, 0.15) is 30.8 Å². The zero-order valence-electron chi connectivity index (χ0n) is 19.1. The summed E-state index contributed by atoms with van der Waals surface area (Å²) in [5, 5.41) is 12.6. The first kappa shape index (κ1) is 23.3. The summed E-state index contributed by atoms with van der Waals surface area (Å²) in [6.45, 7) is 1.44. The third kappa shape index (κ3) is 4.70. The number of aromatic amines is 1. The van der Waals surface area contributed by atoms with Crippen LogP contribution in [0, 0.1) is 12.7 Å². The van der Waals surface area contributed by atoms with Crippen molar-refractivity contribution in [3.05, 3.63) is 98.6 Å². The van der Waals surface area contributed by atoms with Gasteiger partial charge in [0.05, 0.1) is 5.56 Å². The first-order chi connectivity index (χ1) is 17.4. The molecule has 0 saturated carbocycles. The quantitative estimate of drug-likeness (QED) is 0.404. The molecule has 1 N–H and O–H groups in total. The first-order valence-corrected chi connectivity index (χ1v) is 11.1. The van der Waals surface area contributed by atoms with E-state index in [2.05, 4.69) is 20.4 Å². The zero-order valence-corrected chi connectivity index (χ0v) is 19.1. The van der Waals surface area contributed by atoms with Crippen molar-refractivity contribution in [3.63, 3.8) is 0 Å². The Labute approximate surface area is 203 Å². The fraction of sp³-hybridized carbons (Fsp3) is 0.250. The largest absolute Gasteiger partial charge is 0.459 e. The summed E-state index contributed by atoms with van der Waals surface area (Å²) in [5.41, 5.74) is 0.174. The summed E-state index contributed by atoms with van der Waals surface area (Å²) in [7, 11) is 0. The van der Waals surface area contributed by atoms with Crippen LogP contribution in [0.3, 0.4) is 0 Å². The molecule has 36 heavy (non-hydrogen) atoms. The summed E-state index contributed by atoms with van der Waals surface area (Å²) >= 11 is 0. The second-order valence-electron chi connectivity index (χ2n) is 8.32. The van der Waals surface area contributed by atoms with Crippen molar-refractivity contribution in [2.75, 3.05) is 6.61 Å². The minimum absolute atomic E-state index is 0.139. The summed E-state index contributed by atoms with van der Waals surface area (Å²) in [4.78, 5) is 40.4. The Balaban J connectivity index is 1.42. The molecule has 184 valence electrons. The van der Waals surface area contributed by atoms with Gasteiger partial charge in [0.25, 0.3) is 5.56 Å². The number of esters is 1. The highest BCUT2D eigenvalue weighted by atomic mass is 19.1. The molecule has 11 nitrogen and oxygen atoms in total. The number of rotatable bonds is 6. The van der Waals surface area contributed by atoms with Crippen LogP contribution in [0.25, 0.3) is 11.4 Å². The predicted octanol–water partition coefficient (Wildman–Crippen LogP) is 2.02. The predicted molar refractivity (Wildman–Crippen MR) is 124 cm³/mol. The van der Waals surface area contributed by atoms with Gasteiger partial charge in [-0.05, 0) is 48.5 Å². The van der Waals surface area contributed by atoms with Crippen molar-refractivity contribution >= 4 is 5.97 Å². The van der Waals surface area contributed by atoms with E-state index in [1.807, 2.05) is 0 Å². The third-order valence-electron chi connectivity index (χ3n) is 5.88. The number of hydrogen-bond donors (Lipinski definition) is 1. The normalized spacial score (nSPS) is 19.3. The van der Waals surface area contributed by atoms with Crippen molar-refractivity contribution in [1.29, 1.82) is 0 Å². The highest BCUT2D eigenvalue weighted by molar-refractivity contribution is 5.89. The number of benzene rings is 2. The van der Waals surface area contributed by atoms with Crippen molar-refractivity contribution < 1.29 is 18.7 Å². The molecule has 0 spiro atoms. The molecular weight excluding hydrogens is 471 g/mol. The topological polar surface area (TPSA) is 134 Å². The van der Waals surface area contributed by atoms with E-state index < -0.39 is 35.6 Å². The van der Waals surface area contributed by atoms with Crippen LogP contribution in [0.2, 0.25) is 0 Å². The summed E-state index contributed by atoms with van der Waals surface area (Å²) < 4.78 is 26.2. The van der Waals surface area contributed by atoms with Crippen LogP contribution >= 0.6 is 0 Å². The lowest BCUT2D eigenvalue weighted by Gasteiger charge is -2.17. The minimum atomic E-state index is -0.779. The van der Waals surface area contributed by atoms with E-state index in [1.165, 1.54) is 39.8 Å². The summed E-state index contributed by atoms with van der Waals surface area (Å²) in [6, 6.07) is 13.6. The number of aromatic nitrogens is 6. The van der Waals surface area contributed by atoms with Gasteiger partial charge in [-0.2, -0.15) is 4.80 Å². The standard InChI is InChI=1S/C24H21FN6O5/c1-14-12-30(24(34)26-22(14)32)20-11-18(19(36-20)13-35-23(33)16-5-3-2-4-6-16)31-28-21(27-29-31)15-7-9-17(25)10-8-15/h2-10,12,18-20H,11,13H2,1H3,(H,26,32,34)/t18-,19+,20+/m0/s1. The highest BCUT2D eigenvalue weighted by Gasteiger charge is 2.40. The maximum atomic E-state index is 13.3. The second-order valence-corrected chi connectivity index (χ2v) is 8.32. The van der Waals surface area contributed by atoms with Gasteiger partial charge in [-0.15, -0.1) is 10.2 Å². The van der Waals surface area contributed by atoms with Crippen molar-refractivity contribution in [2.45, 2.75) is 31.7 Å². The van der Waals surface area contributed by atoms with Gasteiger partial charge in [-0.1, -0.05) is 18.2 Å². The number of carbonyl (C=O) groups excluding carboxylic acids is 1. The van der Waals surface area contributed by atoms with E-state index in [4.69, 9.17) is 9.47 Å². The van der Waals surface area contributed by atoms with E-state index in [-0.39, 0.29) is 24.7 Å². The molecule has 0 aliphatic carbocycles. The van der Waals surface area contributed by atoms with Crippen LogP contribution in [0.15, 0.2) is 70.4 Å². The number of halogens is 1. The van der Waals surface area contributed by atoms with Crippen LogP contribution in [0.5, 0.6) is 0 Å². The molecule has 1 aliphatic heterocycles. The summed E-state index contributed by atoms with van der Waals surface area (Å²) in [5.74, 6) is -0.646. The van der Waals surface area contributed by atoms with E-state index in [1.54, 1.807) is 37.3 Å². The fourth-order valence-electron chi connectivity index (χ4n) is 3.97. The van der Waals surface area contributed by atoms with E-state index >= 15 is 0 Å². The molecule has 1 fully saturated rings. The Morgan fingerprint density at radius 1 is 1.17 bits per heavy atom. The lowest BCUT2D eigenvalue weighted by molar-refractivity contribution is -0.0419. The average molecular weight is 492 g/mol. The number of H-pyrrole nitrogens is 1. The Morgan fingerprint density at radius 2 is 1.92 bits per heavy atom. The molecule has 0 bridgehead atoms. The average Bonchev–Trinajstić information content (AvgIpc) is 3.53. The Bertz CT molecular complexity index is 1500. The zero-order chi connectivity index (χ0) is 25.2. The Hall–Kier alpha value is -4.45. The van der Waals surface area contributed by atoms with Gasteiger partial charge in [0.15, 0.2) is 0 Å². The second kappa shape index (κ2) is 9.66. The molecule has 2 aromatic heterocycles. The molecule has 5 rings (SSSR count). The summed E-state index contributed by atoms with van der Waals surface area (Å²) in [6.07, 6.45) is 0.147. The molecule has 3 atom stereocenters. The van der Waals surface area contributed by atoms with Crippen LogP contribution in [-0.4, -0.2) is 48.4 Å². The van der Waals surface area contributed by atoms with Gasteiger partial charge in [-0.25, -0.2) is 14.0 Å².